The number of anilines is 1. The van der Waals surface area contributed by atoms with Gasteiger partial charge in [0.1, 0.15) is 6.04 Å². The summed E-state index contributed by atoms with van der Waals surface area (Å²) in [7, 11) is 0. The van der Waals surface area contributed by atoms with E-state index >= 15 is 0 Å². The second kappa shape index (κ2) is 8.36. The summed E-state index contributed by atoms with van der Waals surface area (Å²) in [5.41, 5.74) is 10.4. The Labute approximate surface area is 180 Å². The first kappa shape index (κ1) is 20.2. The van der Waals surface area contributed by atoms with E-state index in [1.165, 1.54) is 11.1 Å². The van der Waals surface area contributed by atoms with E-state index in [1.54, 1.807) is 16.4 Å². The van der Waals surface area contributed by atoms with E-state index in [9.17, 15) is 4.79 Å². The molecule has 1 aliphatic rings. The van der Waals surface area contributed by atoms with E-state index < -0.39 is 11.9 Å². The number of nitrogens with one attached hydrogen (secondary N) is 1. The maximum Gasteiger partial charge on any atom is 0.248 e. The minimum Gasteiger partial charge on any atom is -0.366 e. The lowest BCUT2D eigenvalue weighted by Gasteiger charge is -2.28. The van der Waals surface area contributed by atoms with Gasteiger partial charge in [-0.15, -0.1) is 5.10 Å². The fraction of sp³-hybridized carbons (Fsp3) is 0.261. The van der Waals surface area contributed by atoms with Crippen LogP contribution < -0.4 is 11.1 Å². The van der Waals surface area contributed by atoms with Crippen LogP contribution in [0.3, 0.4) is 0 Å². The number of rotatable bonds is 6. The summed E-state index contributed by atoms with van der Waals surface area (Å²) in [5.74, 6) is 1.31. The SMILES string of the molecule is CC1=C(C(N)=O)C(c2cccc(C(C)C)c2)n2nc(SCc3ccccc3)nc2N1. The van der Waals surface area contributed by atoms with Crippen LogP contribution in [0, 0.1) is 0 Å². The maximum atomic E-state index is 12.4. The summed E-state index contributed by atoms with van der Waals surface area (Å²) in [6.45, 7) is 6.15. The number of carbonyl (C=O) groups is 1. The van der Waals surface area contributed by atoms with Crippen molar-refractivity contribution < 1.29 is 4.79 Å². The van der Waals surface area contributed by atoms with Crippen molar-refractivity contribution in [2.24, 2.45) is 5.73 Å². The van der Waals surface area contributed by atoms with Gasteiger partial charge in [0.25, 0.3) is 0 Å². The molecule has 1 aromatic heterocycles. The van der Waals surface area contributed by atoms with Gasteiger partial charge in [-0.2, -0.15) is 4.98 Å². The summed E-state index contributed by atoms with van der Waals surface area (Å²) in [6.07, 6.45) is 0. The van der Waals surface area contributed by atoms with Crippen LogP contribution in [-0.4, -0.2) is 20.7 Å². The van der Waals surface area contributed by atoms with Gasteiger partial charge in [-0.1, -0.05) is 80.2 Å². The first-order valence-corrected chi connectivity index (χ1v) is 10.9. The first-order chi connectivity index (χ1) is 14.4. The zero-order valence-corrected chi connectivity index (χ0v) is 18.1. The Morgan fingerprint density at radius 3 is 2.67 bits per heavy atom. The molecule has 0 radical (unpaired) electrons. The van der Waals surface area contributed by atoms with Gasteiger partial charge in [0.05, 0.1) is 5.57 Å². The van der Waals surface area contributed by atoms with E-state index in [1.807, 2.05) is 37.3 Å². The number of fused-ring (bicyclic) bond motifs is 1. The predicted molar refractivity (Wildman–Crippen MR) is 120 cm³/mol. The smallest absolute Gasteiger partial charge is 0.248 e. The van der Waals surface area contributed by atoms with Crippen LogP contribution in [0.25, 0.3) is 0 Å². The lowest BCUT2D eigenvalue weighted by atomic mass is 9.92. The molecule has 154 valence electrons. The summed E-state index contributed by atoms with van der Waals surface area (Å²) >= 11 is 1.57. The third-order valence-corrected chi connectivity index (χ3v) is 6.11. The normalized spacial score (nSPS) is 15.8. The van der Waals surface area contributed by atoms with Crippen molar-refractivity contribution in [2.45, 2.75) is 43.6 Å². The zero-order chi connectivity index (χ0) is 21.3. The Morgan fingerprint density at radius 2 is 1.97 bits per heavy atom. The molecule has 3 aromatic rings. The molecule has 0 fully saturated rings. The molecular weight excluding hydrogens is 394 g/mol. The zero-order valence-electron chi connectivity index (χ0n) is 17.3. The molecule has 6 nitrogen and oxygen atoms in total. The monoisotopic (exact) mass is 419 g/mol. The Balaban J connectivity index is 1.72. The number of primary amides is 1. The highest BCUT2D eigenvalue weighted by Gasteiger charge is 2.33. The summed E-state index contributed by atoms with van der Waals surface area (Å²) in [5, 5.41) is 8.59. The van der Waals surface area contributed by atoms with Crippen molar-refractivity contribution in [3.8, 4) is 0 Å². The van der Waals surface area contributed by atoms with Crippen molar-refractivity contribution in [2.75, 3.05) is 5.32 Å². The van der Waals surface area contributed by atoms with E-state index in [-0.39, 0.29) is 0 Å². The third kappa shape index (κ3) is 3.98. The number of thioether (sulfide) groups is 1. The molecule has 1 amide bonds. The fourth-order valence-corrected chi connectivity index (χ4v) is 4.42. The van der Waals surface area contributed by atoms with Gasteiger partial charge < -0.3 is 11.1 Å². The van der Waals surface area contributed by atoms with E-state index in [2.05, 4.69) is 48.4 Å². The molecule has 0 spiro atoms. The molecule has 2 aromatic carbocycles. The first-order valence-electron chi connectivity index (χ1n) is 9.94. The van der Waals surface area contributed by atoms with Crippen LogP contribution in [0.2, 0.25) is 0 Å². The average molecular weight is 420 g/mol. The van der Waals surface area contributed by atoms with E-state index in [0.29, 0.717) is 28.3 Å². The predicted octanol–water partition coefficient (Wildman–Crippen LogP) is 4.47. The molecule has 0 saturated heterocycles. The molecule has 0 bridgehead atoms. The number of benzene rings is 2. The number of allylic oxidation sites excluding steroid dienone is 1. The number of carbonyl (C=O) groups excluding carboxylic acids is 1. The van der Waals surface area contributed by atoms with Crippen LogP contribution in [0.1, 0.15) is 49.4 Å². The summed E-state index contributed by atoms with van der Waals surface area (Å²) in [4.78, 5) is 17.0. The largest absolute Gasteiger partial charge is 0.366 e. The number of amides is 1. The molecule has 0 aliphatic carbocycles. The Kier molecular flexibility index (Phi) is 5.63. The van der Waals surface area contributed by atoms with Crippen molar-refractivity contribution in [1.82, 2.24) is 14.8 Å². The number of hydrogen-bond acceptors (Lipinski definition) is 5. The number of aromatic nitrogens is 3. The molecular formula is C23H25N5OS. The minimum absolute atomic E-state index is 0.376. The van der Waals surface area contributed by atoms with E-state index in [0.717, 1.165) is 11.3 Å². The van der Waals surface area contributed by atoms with Crippen LogP contribution in [0.5, 0.6) is 0 Å². The molecule has 0 saturated carbocycles. The van der Waals surface area contributed by atoms with Crippen LogP contribution in [0.4, 0.5) is 5.95 Å². The molecule has 30 heavy (non-hydrogen) atoms. The Morgan fingerprint density at radius 1 is 1.20 bits per heavy atom. The second-order valence-corrected chi connectivity index (χ2v) is 8.63. The standard InChI is InChI=1S/C23H25N5OS/c1-14(2)17-10-7-11-18(12-17)20-19(21(24)29)15(3)25-22-26-23(27-28(20)22)30-13-16-8-5-4-6-9-16/h4-12,14,20H,13H2,1-3H3,(H2,24,29)(H,25,26,27). The number of nitrogens with two attached hydrogens (primary N) is 1. The highest BCUT2D eigenvalue weighted by atomic mass is 32.2. The highest BCUT2D eigenvalue weighted by molar-refractivity contribution is 7.98. The number of nitrogens with zero attached hydrogens (tertiary/aromatic N) is 3. The van der Waals surface area contributed by atoms with Gasteiger partial charge in [0.15, 0.2) is 0 Å². The number of hydrogen-bond donors (Lipinski definition) is 2. The Bertz CT molecular complexity index is 1100. The molecule has 1 atom stereocenters. The average Bonchev–Trinajstić information content (AvgIpc) is 3.14. The van der Waals surface area contributed by atoms with Crippen molar-refractivity contribution >= 4 is 23.6 Å². The minimum atomic E-state index is -0.459. The lowest BCUT2D eigenvalue weighted by Crippen LogP contribution is -2.31. The highest BCUT2D eigenvalue weighted by Crippen LogP contribution is 2.37. The lowest BCUT2D eigenvalue weighted by molar-refractivity contribution is -0.115. The van der Waals surface area contributed by atoms with Crippen LogP contribution in [-0.2, 0) is 10.5 Å². The second-order valence-electron chi connectivity index (χ2n) is 7.69. The Hall–Kier alpha value is -3.06. The van der Waals surface area contributed by atoms with Gasteiger partial charge in [-0.25, -0.2) is 4.68 Å². The van der Waals surface area contributed by atoms with Gasteiger partial charge in [-0.05, 0) is 29.5 Å². The van der Waals surface area contributed by atoms with Crippen molar-refractivity contribution in [3.05, 3.63) is 82.6 Å². The van der Waals surface area contributed by atoms with Crippen LogP contribution in [0.15, 0.2) is 71.0 Å². The van der Waals surface area contributed by atoms with Crippen LogP contribution >= 0.6 is 11.8 Å². The van der Waals surface area contributed by atoms with Gasteiger partial charge in [-0.3, -0.25) is 4.79 Å². The molecule has 7 heteroatoms. The van der Waals surface area contributed by atoms with Gasteiger partial charge >= 0.3 is 0 Å². The maximum absolute atomic E-state index is 12.4. The third-order valence-electron chi connectivity index (χ3n) is 5.20. The summed E-state index contributed by atoms with van der Waals surface area (Å²) < 4.78 is 1.78. The van der Waals surface area contributed by atoms with Crippen molar-refractivity contribution in [1.29, 1.82) is 0 Å². The quantitative estimate of drug-likeness (QED) is 0.576. The summed E-state index contributed by atoms with van der Waals surface area (Å²) in [6, 6.07) is 18.1. The molecule has 3 N–H and O–H groups in total. The topological polar surface area (TPSA) is 85.8 Å². The molecule has 4 rings (SSSR count). The van der Waals surface area contributed by atoms with Gasteiger partial charge in [0, 0.05) is 11.4 Å². The fourth-order valence-electron chi connectivity index (χ4n) is 3.63. The molecule has 1 unspecified atom stereocenters. The van der Waals surface area contributed by atoms with E-state index in [4.69, 9.17) is 10.8 Å². The van der Waals surface area contributed by atoms with Crippen molar-refractivity contribution in [3.63, 3.8) is 0 Å². The molecule has 1 aliphatic heterocycles. The molecule has 2 heterocycles. The van der Waals surface area contributed by atoms with Gasteiger partial charge in [0.2, 0.25) is 17.0 Å².